The van der Waals surface area contributed by atoms with Crippen molar-refractivity contribution in [2.75, 3.05) is 0 Å². The minimum atomic E-state index is -0.851. The van der Waals surface area contributed by atoms with E-state index in [2.05, 4.69) is 243 Å². The molecule has 12 rings (SSSR count). The van der Waals surface area contributed by atoms with E-state index in [1.807, 2.05) is 6.07 Å². The van der Waals surface area contributed by atoms with Crippen molar-refractivity contribution >= 4 is 10.8 Å². The molecule has 0 amide bonds. The Morgan fingerprint density at radius 1 is 0.288 bits per heavy atom. The standard InChI is InChI=1S/C62H41N3O/c1-4-16-42(17-5-1)43-30-34-46(35-31-43)59-63-60(47-36-32-45(33-37-47)54-28-15-19-44-18-10-11-26-53(44)54)65-61(64-59)50-21-14-20-48(40-50)49-38-39-56-55-27-12-13-29-57(55)62(66-58(56)41-49,51-22-6-2-7-23-51)52-24-8-3-9-25-52/h1-41H. The number of ether oxygens (including phenoxy) is 1. The molecule has 0 saturated carbocycles. The van der Waals surface area contributed by atoms with Crippen molar-refractivity contribution in [3.8, 4) is 84.4 Å². The maximum Gasteiger partial charge on any atom is 0.185 e. The van der Waals surface area contributed by atoms with Gasteiger partial charge in [-0.25, -0.2) is 15.0 Å². The quantitative estimate of drug-likeness (QED) is 0.153. The van der Waals surface area contributed by atoms with E-state index in [1.54, 1.807) is 0 Å². The highest BCUT2D eigenvalue weighted by atomic mass is 16.5. The first-order chi connectivity index (χ1) is 32.7. The Morgan fingerprint density at radius 3 is 1.44 bits per heavy atom. The highest BCUT2D eigenvalue weighted by molar-refractivity contribution is 5.97. The molecule has 1 aliphatic heterocycles. The van der Waals surface area contributed by atoms with E-state index in [0.29, 0.717) is 17.5 Å². The van der Waals surface area contributed by atoms with E-state index >= 15 is 0 Å². The molecule has 310 valence electrons. The van der Waals surface area contributed by atoms with Gasteiger partial charge in [0.1, 0.15) is 5.75 Å². The van der Waals surface area contributed by atoms with Crippen molar-refractivity contribution in [1.29, 1.82) is 0 Å². The van der Waals surface area contributed by atoms with Gasteiger partial charge in [0.2, 0.25) is 0 Å². The summed E-state index contributed by atoms with van der Waals surface area (Å²) in [7, 11) is 0. The molecule has 2 heterocycles. The number of rotatable bonds is 8. The largest absolute Gasteiger partial charge is 0.472 e. The van der Waals surface area contributed by atoms with E-state index in [0.717, 1.165) is 78.1 Å². The third kappa shape index (κ3) is 6.93. The molecule has 4 heteroatoms. The van der Waals surface area contributed by atoms with Crippen molar-refractivity contribution in [1.82, 2.24) is 15.0 Å². The van der Waals surface area contributed by atoms with Crippen LogP contribution in [-0.4, -0.2) is 15.0 Å². The van der Waals surface area contributed by atoms with E-state index in [1.165, 1.54) is 16.3 Å². The predicted octanol–water partition coefficient (Wildman–Crippen LogP) is 15.4. The number of hydrogen-bond donors (Lipinski definition) is 0. The zero-order valence-electron chi connectivity index (χ0n) is 35.9. The van der Waals surface area contributed by atoms with Gasteiger partial charge in [-0.2, -0.15) is 0 Å². The molecule has 4 nitrogen and oxygen atoms in total. The number of aromatic nitrogens is 3. The molecule has 0 atom stereocenters. The van der Waals surface area contributed by atoms with E-state index in [-0.39, 0.29) is 0 Å². The van der Waals surface area contributed by atoms with Crippen LogP contribution in [0.1, 0.15) is 16.7 Å². The molecule has 0 aliphatic carbocycles. The maximum atomic E-state index is 7.39. The number of hydrogen-bond acceptors (Lipinski definition) is 4. The van der Waals surface area contributed by atoms with Gasteiger partial charge in [-0.1, -0.05) is 237 Å². The summed E-state index contributed by atoms with van der Waals surface area (Å²) >= 11 is 0. The Kier molecular flexibility index (Phi) is 9.69. The fraction of sp³-hybridized carbons (Fsp3) is 0.0161. The van der Waals surface area contributed by atoms with Crippen molar-refractivity contribution in [3.63, 3.8) is 0 Å². The van der Waals surface area contributed by atoms with Gasteiger partial charge in [0.05, 0.1) is 0 Å². The smallest absolute Gasteiger partial charge is 0.185 e. The molecule has 1 aliphatic rings. The van der Waals surface area contributed by atoms with Crippen LogP contribution >= 0.6 is 0 Å². The number of fused-ring (bicyclic) bond motifs is 4. The summed E-state index contributed by atoms with van der Waals surface area (Å²) in [6.07, 6.45) is 0. The first-order valence-corrected chi connectivity index (χ1v) is 22.3. The van der Waals surface area contributed by atoms with Crippen LogP contribution in [0.2, 0.25) is 0 Å². The fourth-order valence-electron chi connectivity index (χ4n) is 9.51. The number of nitrogens with zero attached hydrogens (tertiary/aromatic N) is 3. The molecule has 0 radical (unpaired) electrons. The SMILES string of the molecule is c1ccc(-c2ccc(-c3nc(-c4ccc(-c5cccc6ccccc56)cc4)nc(-c4cccc(-c5ccc6c(c5)OC(c5ccccc5)(c5ccccc5)c5ccccc5-6)c4)n3)cc2)cc1. The Bertz CT molecular complexity index is 3490. The third-order valence-electron chi connectivity index (χ3n) is 12.8. The highest BCUT2D eigenvalue weighted by Crippen LogP contribution is 2.52. The van der Waals surface area contributed by atoms with Gasteiger partial charge < -0.3 is 4.74 Å². The first kappa shape index (κ1) is 38.9. The number of benzene rings is 10. The van der Waals surface area contributed by atoms with Gasteiger partial charge in [0.25, 0.3) is 0 Å². The van der Waals surface area contributed by atoms with Gasteiger partial charge >= 0.3 is 0 Å². The summed E-state index contributed by atoms with van der Waals surface area (Å²) in [6, 6.07) is 87.2. The second kappa shape index (κ2) is 16.4. The summed E-state index contributed by atoms with van der Waals surface area (Å²) in [5, 5.41) is 2.44. The van der Waals surface area contributed by atoms with Gasteiger partial charge in [0.15, 0.2) is 23.1 Å². The lowest BCUT2D eigenvalue weighted by atomic mass is 9.75. The van der Waals surface area contributed by atoms with Gasteiger partial charge in [-0.3, -0.25) is 0 Å². The van der Waals surface area contributed by atoms with Crippen LogP contribution in [0.4, 0.5) is 0 Å². The van der Waals surface area contributed by atoms with Crippen LogP contribution in [0.15, 0.2) is 249 Å². The van der Waals surface area contributed by atoms with E-state index in [4.69, 9.17) is 19.7 Å². The van der Waals surface area contributed by atoms with Crippen LogP contribution < -0.4 is 4.74 Å². The normalized spacial score (nSPS) is 12.5. The van der Waals surface area contributed by atoms with Crippen LogP contribution in [0.5, 0.6) is 5.75 Å². The molecule has 10 aromatic carbocycles. The summed E-state index contributed by atoms with van der Waals surface area (Å²) in [6.45, 7) is 0. The Balaban J connectivity index is 0.954. The summed E-state index contributed by atoms with van der Waals surface area (Å²) in [5.74, 6) is 2.63. The zero-order valence-corrected chi connectivity index (χ0v) is 35.9. The summed E-state index contributed by atoms with van der Waals surface area (Å²) < 4.78 is 7.39. The lowest BCUT2D eigenvalue weighted by molar-refractivity contribution is 0.152. The Labute approximate surface area is 384 Å². The van der Waals surface area contributed by atoms with Crippen molar-refractivity contribution in [3.05, 3.63) is 265 Å². The molecule has 66 heavy (non-hydrogen) atoms. The molecule has 0 fully saturated rings. The monoisotopic (exact) mass is 843 g/mol. The molecule has 0 spiro atoms. The van der Waals surface area contributed by atoms with Crippen LogP contribution in [0.3, 0.4) is 0 Å². The van der Waals surface area contributed by atoms with Crippen LogP contribution in [0, 0.1) is 0 Å². The van der Waals surface area contributed by atoms with Crippen LogP contribution in [-0.2, 0) is 5.60 Å². The third-order valence-corrected chi connectivity index (χ3v) is 12.8. The lowest BCUT2D eigenvalue weighted by Gasteiger charge is -2.41. The molecule has 0 unspecified atom stereocenters. The molecule has 0 bridgehead atoms. The van der Waals surface area contributed by atoms with E-state index < -0.39 is 5.60 Å². The first-order valence-electron chi connectivity index (χ1n) is 22.3. The van der Waals surface area contributed by atoms with Crippen molar-refractivity contribution in [2.24, 2.45) is 0 Å². The molecular formula is C62H41N3O. The topological polar surface area (TPSA) is 47.9 Å². The minimum absolute atomic E-state index is 0.595. The molecule has 11 aromatic rings. The Morgan fingerprint density at radius 2 is 0.742 bits per heavy atom. The maximum absolute atomic E-state index is 7.39. The molecule has 1 aromatic heterocycles. The lowest BCUT2D eigenvalue weighted by Crippen LogP contribution is -2.38. The van der Waals surface area contributed by atoms with Crippen LogP contribution in [0.25, 0.3) is 89.4 Å². The Hall–Kier alpha value is -8.73. The average Bonchev–Trinajstić information content (AvgIpc) is 3.41. The average molecular weight is 844 g/mol. The van der Waals surface area contributed by atoms with Gasteiger partial charge in [0, 0.05) is 38.9 Å². The van der Waals surface area contributed by atoms with E-state index in [9.17, 15) is 0 Å². The van der Waals surface area contributed by atoms with Crippen molar-refractivity contribution < 1.29 is 4.74 Å². The summed E-state index contributed by atoms with van der Waals surface area (Å²) in [4.78, 5) is 15.5. The summed E-state index contributed by atoms with van der Waals surface area (Å²) in [5.41, 5.74) is 14.0. The zero-order chi connectivity index (χ0) is 43.9. The van der Waals surface area contributed by atoms with Gasteiger partial charge in [-0.15, -0.1) is 0 Å². The molecule has 0 saturated heterocycles. The van der Waals surface area contributed by atoms with Gasteiger partial charge in [-0.05, 0) is 61.8 Å². The minimum Gasteiger partial charge on any atom is -0.472 e. The molecular weight excluding hydrogens is 803 g/mol. The van der Waals surface area contributed by atoms with Crippen molar-refractivity contribution in [2.45, 2.75) is 5.60 Å². The predicted molar refractivity (Wildman–Crippen MR) is 269 cm³/mol. The second-order valence-corrected chi connectivity index (χ2v) is 16.7. The second-order valence-electron chi connectivity index (χ2n) is 16.7. The molecule has 0 N–H and O–H groups in total. The highest BCUT2D eigenvalue weighted by Gasteiger charge is 2.44. The fourth-order valence-corrected chi connectivity index (χ4v) is 9.51.